The lowest BCUT2D eigenvalue weighted by atomic mass is 9.96. The molecule has 1 aromatic heterocycles. The number of carbonyl (C=O) groups is 1. The van der Waals surface area contributed by atoms with Crippen molar-refractivity contribution in [1.29, 1.82) is 0 Å². The predicted octanol–water partition coefficient (Wildman–Crippen LogP) is 3.20. The Morgan fingerprint density at radius 1 is 1.25 bits per heavy atom. The fourth-order valence-corrected chi connectivity index (χ4v) is 2.40. The average molecular weight is 328 g/mol. The number of hydrogen-bond acceptors (Lipinski definition) is 3. The molecule has 4 nitrogen and oxygen atoms in total. The molecule has 1 fully saturated rings. The molecule has 1 amide bonds. The molecule has 0 aromatic carbocycles. The Bertz CT molecular complexity index is 516. The van der Waals surface area contributed by atoms with Crippen LogP contribution in [0, 0.1) is 5.92 Å². The van der Waals surface area contributed by atoms with E-state index < -0.39 is 18.0 Å². The van der Waals surface area contributed by atoms with E-state index in [1.54, 1.807) is 0 Å². The molecule has 2 rings (SSSR count). The van der Waals surface area contributed by atoms with Crippen molar-refractivity contribution >= 4 is 29.1 Å². The van der Waals surface area contributed by atoms with Crippen LogP contribution in [0.3, 0.4) is 0 Å². The second-order valence-corrected chi connectivity index (χ2v) is 5.22. The van der Waals surface area contributed by atoms with Crippen LogP contribution >= 0.6 is 23.2 Å². The monoisotopic (exact) mass is 327 g/mol. The fourth-order valence-electron chi connectivity index (χ4n) is 2.08. The van der Waals surface area contributed by atoms with Gasteiger partial charge in [-0.25, -0.2) is 0 Å². The maximum Gasteiger partial charge on any atom is 0.391 e. The van der Waals surface area contributed by atoms with Gasteiger partial charge in [-0.05, 0) is 18.9 Å². The summed E-state index contributed by atoms with van der Waals surface area (Å²) in [6, 6.07) is 1.26. The van der Waals surface area contributed by atoms with Gasteiger partial charge in [-0.1, -0.05) is 23.2 Å². The molecule has 0 spiro atoms. The highest BCUT2D eigenvalue weighted by Gasteiger charge is 2.41. The van der Waals surface area contributed by atoms with E-state index in [1.165, 1.54) is 11.0 Å². The zero-order valence-corrected chi connectivity index (χ0v) is 11.6. The molecule has 1 aliphatic rings. The molecule has 1 aliphatic heterocycles. The first-order valence-corrected chi connectivity index (χ1v) is 6.59. The quantitative estimate of drug-likeness (QED) is 0.795. The smallest absolute Gasteiger partial charge is 0.339 e. The Kier molecular flexibility index (Phi) is 4.39. The second kappa shape index (κ2) is 5.73. The van der Waals surface area contributed by atoms with Gasteiger partial charge in [0.2, 0.25) is 0 Å². The molecule has 110 valence electrons. The van der Waals surface area contributed by atoms with E-state index in [0.717, 1.165) is 0 Å². The maximum atomic E-state index is 12.5. The van der Waals surface area contributed by atoms with E-state index in [4.69, 9.17) is 23.2 Å². The second-order valence-electron chi connectivity index (χ2n) is 4.48. The number of rotatable bonds is 1. The van der Waals surface area contributed by atoms with Gasteiger partial charge in [-0.2, -0.15) is 13.2 Å². The Hall–Kier alpha value is -1.08. The van der Waals surface area contributed by atoms with Crippen LogP contribution in [0.5, 0.6) is 0 Å². The standard InChI is InChI=1S/C11H10Cl2F3N3O/c12-8-5-7(9(13)18-17-8)10(20)19-3-1-6(2-4-19)11(14,15)16/h5-6H,1-4H2. The molecule has 0 bridgehead atoms. The summed E-state index contributed by atoms with van der Waals surface area (Å²) < 4.78 is 37.6. The number of carbonyl (C=O) groups excluding carboxylic acids is 1. The SMILES string of the molecule is O=C(c1cc(Cl)nnc1Cl)N1CCC(C(F)(F)F)CC1. The van der Waals surface area contributed by atoms with E-state index >= 15 is 0 Å². The van der Waals surface area contributed by atoms with Gasteiger partial charge in [-0.3, -0.25) is 4.79 Å². The number of piperidine rings is 1. The molecule has 0 radical (unpaired) electrons. The molecule has 1 saturated heterocycles. The van der Waals surface area contributed by atoms with Gasteiger partial charge < -0.3 is 4.90 Å². The molecule has 20 heavy (non-hydrogen) atoms. The first-order valence-electron chi connectivity index (χ1n) is 5.83. The molecule has 0 saturated carbocycles. The molecular formula is C11H10Cl2F3N3O. The van der Waals surface area contributed by atoms with E-state index in [-0.39, 0.29) is 41.8 Å². The average Bonchev–Trinajstić information content (AvgIpc) is 2.40. The third-order valence-electron chi connectivity index (χ3n) is 3.19. The minimum absolute atomic E-state index is 0.00271. The molecule has 0 unspecified atom stereocenters. The molecule has 0 N–H and O–H groups in total. The third kappa shape index (κ3) is 3.32. The van der Waals surface area contributed by atoms with Crippen molar-refractivity contribution in [3.63, 3.8) is 0 Å². The fraction of sp³-hybridized carbons (Fsp3) is 0.545. The van der Waals surface area contributed by atoms with Crippen molar-refractivity contribution in [2.75, 3.05) is 13.1 Å². The van der Waals surface area contributed by atoms with Gasteiger partial charge in [0.15, 0.2) is 10.3 Å². The third-order valence-corrected chi connectivity index (χ3v) is 3.66. The first kappa shape index (κ1) is 15.3. The Labute approximate surface area is 122 Å². The number of halogens is 5. The summed E-state index contributed by atoms with van der Waals surface area (Å²) in [4.78, 5) is 13.5. The van der Waals surface area contributed by atoms with Crippen LogP contribution in [-0.4, -0.2) is 40.3 Å². The molecule has 2 heterocycles. The summed E-state index contributed by atoms with van der Waals surface area (Å²) >= 11 is 11.4. The first-order chi connectivity index (χ1) is 9.29. The summed E-state index contributed by atoms with van der Waals surface area (Å²) in [5.41, 5.74) is 0.0529. The zero-order chi connectivity index (χ0) is 14.9. The van der Waals surface area contributed by atoms with Crippen molar-refractivity contribution in [3.05, 3.63) is 21.9 Å². The topological polar surface area (TPSA) is 46.1 Å². The van der Waals surface area contributed by atoms with Crippen LogP contribution in [-0.2, 0) is 0 Å². The summed E-state index contributed by atoms with van der Waals surface area (Å²) in [7, 11) is 0. The predicted molar refractivity (Wildman–Crippen MR) is 66.7 cm³/mol. The summed E-state index contributed by atoms with van der Waals surface area (Å²) in [5, 5.41) is 6.87. The number of alkyl halides is 3. The maximum absolute atomic E-state index is 12.5. The summed E-state index contributed by atoms with van der Waals surface area (Å²) in [6.07, 6.45) is -4.44. The molecule has 0 atom stereocenters. The van der Waals surface area contributed by atoms with Crippen LogP contribution in [0.4, 0.5) is 13.2 Å². The number of hydrogen-bond donors (Lipinski definition) is 0. The normalized spacial score (nSPS) is 17.4. The number of aromatic nitrogens is 2. The van der Waals surface area contributed by atoms with Gasteiger partial charge in [0.25, 0.3) is 5.91 Å². The van der Waals surface area contributed by atoms with Crippen molar-refractivity contribution in [1.82, 2.24) is 15.1 Å². The number of amides is 1. The largest absolute Gasteiger partial charge is 0.391 e. The van der Waals surface area contributed by atoms with Crippen molar-refractivity contribution < 1.29 is 18.0 Å². The minimum Gasteiger partial charge on any atom is -0.339 e. The van der Waals surface area contributed by atoms with E-state index in [0.29, 0.717) is 0 Å². The highest BCUT2D eigenvalue weighted by Crippen LogP contribution is 2.34. The molecule has 9 heteroatoms. The van der Waals surface area contributed by atoms with E-state index in [2.05, 4.69) is 10.2 Å². The van der Waals surface area contributed by atoms with Crippen molar-refractivity contribution in [2.45, 2.75) is 19.0 Å². The lowest BCUT2D eigenvalue weighted by Crippen LogP contribution is -2.42. The highest BCUT2D eigenvalue weighted by atomic mass is 35.5. The number of likely N-dealkylation sites (tertiary alicyclic amines) is 1. The van der Waals surface area contributed by atoms with Crippen LogP contribution in [0.15, 0.2) is 6.07 Å². The summed E-state index contributed by atoms with van der Waals surface area (Å²) in [6.45, 7) is 0.0541. The van der Waals surface area contributed by atoms with Crippen molar-refractivity contribution in [2.24, 2.45) is 5.92 Å². The van der Waals surface area contributed by atoms with Crippen LogP contribution in [0.25, 0.3) is 0 Å². The Morgan fingerprint density at radius 2 is 1.85 bits per heavy atom. The molecule has 1 aromatic rings. The van der Waals surface area contributed by atoms with Crippen LogP contribution < -0.4 is 0 Å². The Morgan fingerprint density at radius 3 is 2.40 bits per heavy atom. The van der Waals surface area contributed by atoms with Gasteiger partial charge in [-0.15, -0.1) is 10.2 Å². The van der Waals surface area contributed by atoms with Crippen LogP contribution in [0.2, 0.25) is 10.3 Å². The zero-order valence-electron chi connectivity index (χ0n) is 10.1. The van der Waals surface area contributed by atoms with E-state index in [9.17, 15) is 18.0 Å². The molecule has 0 aliphatic carbocycles. The summed E-state index contributed by atoms with van der Waals surface area (Å²) in [5.74, 6) is -1.84. The highest BCUT2D eigenvalue weighted by molar-refractivity contribution is 6.34. The van der Waals surface area contributed by atoms with Gasteiger partial charge in [0.05, 0.1) is 11.5 Å². The van der Waals surface area contributed by atoms with Crippen LogP contribution in [0.1, 0.15) is 23.2 Å². The minimum atomic E-state index is -4.21. The lowest BCUT2D eigenvalue weighted by Gasteiger charge is -2.33. The Balaban J connectivity index is 2.07. The van der Waals surface area contributed by atoms with Gasteiger partial charge in [0, 0.05) is 13.1 Å². The number of nitrogens with zero attached hydrogens (tertiary/aromatic N) is 3. The van der Waals surface area contributed by atoms with Gasteiger partial charge in [0.1, 0.15) is 0 Å². The lowest BCUT2D eigenvalue weighted by molar-refractivity contribution is -0.183. The van der Waals surface area contributed by atoms with E-state index in [1.807, 2.05) is 0 Å². The molecular weight excluding hydrogens is 318 g/mol. The van der Waals surface area contributed by atoms with Gasteiger partial charge >= 0.3 is 6.18 Å². The van der Waals surface area contributed by atoms with Crippen molar-refractivity contribution in [3.8, 4) is 0 Å².